The molecule has 1 amide bonds. The molecule has 124 valence electrons. The highest BCUT2D eigenvalue weighted by molar-refractivity contribution is 5.80. The molecule has 0 bridgehead atoms. The van der Waals surface area contributed by atoms with Crippen molar-refractivity contribution in [3.8, 4) is 0 Å². The maximum absolute atomic E-state index is 11.9. The Bertz CT molecular complexity index is 403. The van der Waals surface area contributed by atoms with E-state index >= 15 is 0 Å². The van der Waals surface area contributed by atoms with E-state index in [1.807, 2.05) is 6.08 Å². The van der Waals surface area contributed by atoms with Crippen LogP contribution in [-0.4, -0.2) is 29.3 Å². The van der Waals surface area contributed by atoms with E-state index < -0.39 is 18.1 Å². The molecule has 0 saturated heterocycles. The lowest BCUT2D eigenvalue weighted by atomic mass is 9.84. The van der Waals surface area contributed by atoms with Gasteiger partial charge in [-0.25, -0.2) is 9.59 Å². The molecule has 2 saturated carbocycles. The summed E-state index contributed by atoms with van der Waals surface area (Å²) in [6.45, 7) is 3.69. The van der Waals surface area contributed by atoms with Crippen LogP contribution in [0.2, 0.25) is 0 Å². The molecule has 5 nitrogen and oxygen atoms in total. The summed E-state index contributed by atoms with van der Waals surface area (Å²) in [6, 6.07) is -0.814. The number of carbonyl (C=O) groups is 2. The highest BCUT2D eigenvalue weighted by atomic mass is 16.6. The van der Waals surface area contributed by atoms with Crippen molar-refractivity contribution < 1.29 is 19.4 Å². The van der Waals surface area contributed by atoms with Crippen LogP contribution in [0.25, 0.3) is 0 Å². The number of ether oxygens (including phenoxy) is 1. The molecule has 0 heterocycles. The van der Waals surface area contributed by atoms with Crippen LogP contribution in [0.5, 0.6) is 0 Å². The van der Waals surface area contributed by atoms with E-state index in [0.29, 0.717) is 5.92 Å². The zero-order valence-corrected chi connectivity index (χ0v) is 13.1. The predicted octanol–water partition coefficient (Wildman–Crippen LogP) is 3.49. The van der Waals surface area contributed by atoms with Crippen molar-refractivity contribution in [2.24, 2.45) is 11.8 Å². The second-order valence-corrected chi connectivity index (χ2v) is 6.52. The fourth-order valence-corrected chi connectivity index (χ4v) is 3.34. The number of aliphatic carboxylic acids is 1. The molecule has 3 atom stereocenters. The number of allylic oxidation sites excluding steroid dienone is 1. The molecular formula is C17H27NO4. The number of amides is 1. The number of carbonyl (C=O) groups excluding carboxylic acids is 1. The number of alkyl carbamates (subject to hydrolysis) is 1. The highest BCUT2D eigenvalue weighted by Gasteiger charge is 2.41. The normalized spacial score (nSPS) is 26.0. The number of carboxylic acids is 1. The molecular weight excluding hydrogens is 282 g/mol. The fraction of sp³-hybridized carbons (Fsp3) is 0.765. The SMILES string of the molecule is C=CCCCC1C[C@H]1OC(=O)N[C@H](C(=O)O)C1CCCCC1. The zero-order valence-electron chi connectivity index (χ0n) is 13.1. The fourth-order valence-electron chi connectivity index (χ4n) is 3.34. The summed E-state index contributed by atoms with van der Waals surface area (Å²) in [6.07, 6.45) is 10.2. The Labute approximate surface area is 132 Å². The van der Waals surface area contributed by atoms with Gasteiger partial charge in [0.25, 0.3) is 0 Å². The first-order valence-corrected chi connectivity index (χ1v) is 8.42. The molecule has 0 radical (unpaired) electrons. The van der Waals surface area contributed by atoms with Gasteiger partial charge >= 0.3 is 12.1 Å². The summed E-state index contributed by atoms with van der Waals surface area (Å²) in [5.41, 5.74) is 0. The summed E-state index contributed by atoms with van der Waals surface area (Å²) < 4.78 is 5.34. The van der Waals surface area contributed by atoms with Gasteiger partial charge in [0.2, 0.25) is 0 Å². The molecule has 0 aromatic rings. The third kappa shape index (κ3) is 5.04. The van der Waals surface area contributed by atoms with E-state index in [4.69, 9.17) is 4.74 Å². The Morgan fingerprint density at radius 1 is 1.32 bits per heavy atom. The predicted molar refractivity (Wildman–Crippen MR) is 83.6 cm³/mol. The van der Waals surface area contributed by atoms with E-state index in [-0.39, 0.29) is 12.0 Å². The Balaban J connectivity index is 1.72. The van der Waals surface area contributed by atoms with Gasteiger partial charge in [0.1, 0.15) is 12.1 Å². The Morgan fingerprint density at radius 3 is 2.68 bits per heavy atom. The molecule has 2 N–H and O–H groups in total. The molecule has 0 spiro atoms. The standard InChI is InChI=1S/C17H27NO4/c1-2-3-5-10-13-11-14(13)22-17(21)18-15(16(19)20)12-8-6-4-7-9-12/h2,12-15H,1,3-11H2,(H,18,21)(H,19,20)/t13?,14-,15+/m1/s1. The summed E-state index contributed by atoms with van der Waals surface area (Å²) in [7, 11) is 0. The summed E-state index contributed by atoms with van der Waals surface area (Å²) in [4.78, 5) is 23.3. The summed E-state index contributed by atoms with van der Waals surface area (Å²) >= 11 is 0. The number of hydrogen-bond acceptors (Lipinski definition) is 3. The smallest absolute Gasteiger partial charge is 0.408 e. The van der Waals surface area contributed by atoms with Gasteiger partial charge in [0.15, 0.2) is 0 Å². The molecule has 1 unspecified atom stereocenters. The second kappa shape index (κ2) is 8.20. The first-order chi connectivity index (χ1) is 10.6. The van der Waals surface area contributed by atoms with Gasteiger partial charge in [-0.1, -0.05) is 25.3 Å². The molecule has 2 aliphatic rings. The third-order valence-electron chi connectivity index (χ3n) is 4.76. The number of rotatable bonds is 8. The van der Waals surface area contributed by atoms with Crippen molar-refractivity contribution >= 4 is 12.1 Å². The minimum absolute atomic E-state index is 0.0291. The lowest BCUT2D eigenvalue weighted by Crippen LogP contribution is -2.47. The van der Waals surface area contributed by atoms with Crippen molar-refractivity contribution in [2.75, 3.05) is 0 Å². The zero-order chi connectivity index (χ0) is 15.9. The van der Waals surface area contributed by atoms with E-state index in [9.17, 15) is 14.7 Å². The van der Waals surface area contributed by atoms with Crippen LogP contribution in [0.1, 0.15) is 57.8 Å². The number of carboxylic acid groups (broad SMARTS) is 1. The number of unbranched alkanes of at least 4 members (excludes halogenated alkanes) is 1. The van der Waals surface area contributed by atoms with Crippen molar-refractivity contribution in [3.05, 3.63) is 12.7 Å². The molecule has 2 aliphatic carbocycles. The Kier molecular flexibility index (Phi) is 6.28. The van der Waals surface area contributed by atoms with Gasteiger partial charge in [-0.3, -0.25) is 0 Å². The van der Waals surface area contributed by atoms with Gasteiger partial charge in [-0.2, -0.15) is 0 Å². The molecule has 5 heteroatoms. The van der Waals surface area contributed by atoms with Crippen molar-refractivity contribution in [1.29, 1.82) is 0 Å². The molecule has 22 heavy (non-hydrogen) atoms. The Morgan fingerprint density at radius 2 is 2.05 bits per heavy atom. The van der Waals surface area contributed by atoms with Crippen LogP contribution in [0.3, 0.4) is 0 Å². The van der Waals surface area contributed by atoms with Crippen LogP contribution in [0.15, 0.2) is 12.7 Å². The first-order valence-electron chi connectivity index (χ1n) is 8.42. The van der Waals surface area contributed by atoms with E-state index in [1.54, 1.807) is 0 Å². The largest absolute Gasteiger partial charge is 0.480 e. The van der Waals surface area contributed by atoms with Crippen LogP contribution < -0.4 is 5.32 Å². The minimum atomic E-state index is -0.956. The quantitative estimate of drug-likeness (QED) is 0.531. The second-order valence-electron chi connectivity index (χ2n) is 6.52. The molecule has 2 fully saturated rings. The maximum Gasteiger partial charge on any atom is 0.408 e. The lowest BCUT2D eigenvalue weighted by molar-refractivity contribution is -0.141. The lowest BCUT2D eigenvalue weighted by Gasteiger charge is -2.27. The highest BCUT2D eigenvalue weighted by Crippen LogP contribution is 2.38. The Hall–Kier alpha value is -1.52. The average molecular weight is 309 g/mol. The van der Waals surface area contributed by atoms with Gasteiger partial charge in [0, 0.05) is 0 Å². The molecule has 0 aliphatic heterocycles. The third-order valence-corrected chi connectivity index (χ3v) is 4.76. The van der Waals surface area contributed by atoms with Crippen LogP contribution in [0.4, 0.5) is 4.79 Å². The van der Waals surface area contributed by atoms with Crippen LogP contribution >= 0.6 is 0 Å². The number of nitrogens with one attached hydrogen (secondary N) is 1. The summed E-state index contributed by atoms with van der Waals surface area (Å²) in [5, 5.41) is 11.9. The maximum atomic E-state index is 11.9. The summed E-state index contributed by atoms with van der Waals surface area (Å²) in [5.74, 6) is -0.493. The van der Waals surface area contributed by atoms with Gasteiger partial charge in [-0.05, 0) is 50.4 Å². The topological polar surface area (TPSA) is 75.6 Å². The monoisotopic (exact) mass is 309 g/mol. The van der Waals surface area contributed by atoms with Crippen LogP contribution in [0, 0.1) is 11.8 Å². The molecule has 0 aromatic heterocycles. The van der Waals surface area contributed by atoms with Crippen molar-refractivity contribution in [3.63, 3.8) is 0 Å². The van der Waals surface area contributed by atoms with E-state index in [1.165, 1.54) is 0 Å². The first kappa shape index (κ1) is 16.8. The van der Waals surface area contributed by atoms with Crippen molar-refractivity contribution in [1.82, 2.24) is 5.32 Å². The van der Waals surface area contributed by atoms with Gasteiger partial charge in [-0.15, -0.1) is 6.58 Å². The van der Waals surface area contributed by atoms with Crippen molar-refractivity contribution in [2.45, 2.75) is 69.9 Å². The average Bonchev–Trinajstić information content (AvgIpc) is 3.23. The van der Waals surface area contributed by atoms with E-state index in [0.717, 1.165) is 57.8 Å². The number of hydrogen-bond donors (Lipinski definition) is 2. The molecule has 2 rings (SSSR count). The van der Waals surface area contributed by atoms with Crippen LogP contribution in [-0.2, 0) is 9.53 Å². The minimum Gasteiger partial charge on any atom is -0.480 e. The van der Waals surface area contributed by atoms with Gasteiger partial charge < -0.3 is 15.2 Å². The van der Waals surface area contributed by atoms with E-state index in [2.05, 4.69) is 11.9 Å². The molecule has 0 aromatic carbocycles. The van der Waals surface area contributed by atoms with Gasteiger partial charge in [0.05, 0.1) is 0 Å².